The molecule has 100 valence electrons. The van der Waals surface area contributed by atoms with Crippen LogP contribution in [0.4, 0.5) is 0 Å². The maximum atomic E-state index is 11.2. The zero-order chi connectivity index (χ0) is 13.2. The molecule has 1 unspecified atom stereocenters. The van der Waals surface area contributed by atoms with Gasteiger partial charge in [-0.15, -0.1) is 0 Å². The topological polar surface area (TPSA) is 78.8 Å². The Morgan fingerprint density at radius 2 is 2.00 bits per heavy atom. The SMILES string of the molecule is O=C(O)C(CNCCOCCO)c1ccccc1. The highest BCUT2D eigenvalue weighted by Gasteiger charge is 2.18. The highest BCUT2D eigenvalue weighted by molar-refractivity contribution is 5.76. The van der Waals surface area contributed by atoms with Crippen LogP contribution in [0.15, 0.2) is 30.3 Å². The van der Waals surface area contributed by atoms with E-state index in [0.29, 0.717) is 26.3 Å². The Hall–Kier alpha value is -1.43. The lowest BCUT2D eigenvalue weighted by Crippen LogP contribution is -2.29. The van der Waals surface area contributed by atoms with Crippen molar-refractivity contribution in [1.29, 1.82) is 0 Å². The van der Waals surface area contributed by atoms with Gasteiger partial charge in [-0.2, -0.15) is 0 Å². The van der Waals surface area contributed by atoms with Gasteiger partial charge in [0.2, 0.25) is 0 Å². The van der Waals surface area contributed by atoms with E-state index >= 15 is 0 Å². The van der Waals surface area contributed by atoms with Gasteiger partial charge in [0.1, 0.15) is 0 Å². The third-order valence-electron chi connectivity index (χ3n) is 2.51. The zero-order valence-corrected chi connectivity index (χ0v) is 10.2. The minimum absolute atomic E-state index is 0.00175. The van der Waals surface area contributed by atoms with Gasteiger partial charge in [0, 0.05) is 13.1 Å². The molecule has 0 aliphatic carbocycles. The summed E-state index contributed by atoms with van der Waals surface area (Å²) in [7, 11) is 0. The van der Waals surface area contributed by atoms with E-state index in [4.69, 9.17) is 14.9 Å². The molecule has 0 heterocycles. The smallest absolute Gasteiger partial charge is 0.312 e. The van der Waals surface area contributed by atoms with Gasteiger partial charge in [0.05, 0.1) is 25.7 Å². The van der Waals surface area contributed by atoms with Crippen LogP contribution in [-0.2, 0) is 9.53 Å². The summed E-state index contributed by atoms with van der Waals surface area (Å²) in [6.45, 7) is 1.70. The van der Waals surface area contributed by atoms with Crippen molar-refractivity contribution in [3.63, 3.8) is 0 Å². The highest BCUT2D eigenvalue weighted by atomic mass is 16.5. The molecule has 0 fully saturated rings. The maximum Gasteiger partial charge on any atom is 0.312 e. The minimum atomic E-state index is -0.843. The van der Waals surface area contributed by atoms with Crippen molar-refractivity contribution in [2.45, 2.75) is 5.92 Å². The number of aliphatic hydroxyl groups is 1. The van der Waals surface area contributed by atoms with E-state index in [1.54, 1.807) is 0 Å². The number of hydrogen-bond acceptors (Lipinski definition) is 4. The van der Waals surface area contributed by atoms with Crippen LogP contribution in [0.25, 0.3) is 0 Å². The lowest BCUT2D eigenvalue weighted by atomic mass is 9.99. The molecule has 1 aromatic rings. The molecule has 0 aliphatic heterocycles. The fourth-order valence-corrected chi connectivity index (χ4v) is 1.59. The highest BCUT2D eigenvalue weighted by Crippen LogP contribution is 2.14. The molecule has 0 saturated carbocycles. The Labute approximate surface area is 106 Å². The second-order valence-electron chi connectivity index (χ2n) is 3.84. The molecule has 5 heteroatoms. The van der Waals surface area contributed by atoms with E-state index < -0.39 is 11.9 Å². The van der Waals surface area contributed by atoms with Gasteiger partial charge in [-0.05, 0) is 5.56 Å². The quantitative estimate of drug-likeness (QED) is 0.557. The van der Waals surface area contributed by atoms with Crippen LogP contribution in [0, 0.1) is 0 Å². The second kappa shape index (κ2) is 8.63. The normalized spacial score (nSPS) is 12.3. The summed E-state index contributed by atoms with van der Waals surface area (Å²) < 4.78 is 5.07. The van der Waals surface area contributed by atoms with Crippen molar-refractivity contribution in [1.82, 2.24) is 5.32 Å². The minimum Gasteiger partial charge on any atom is -0.481 e. The van der Waals surface area contributed by atoms with E-state index in [0.717, 1.165) is 5.56 Å². The molecular formula is C13H19NO4. The number of rotatable bonds is 9. The Kier molecular flexibility index (Phi) is 7.01. The van der Waals surface area contributed by atoms with Gasteiger partial charge < -0.3 is 20.3 Å². The zero-order valence-electron chi connectivity index (χ0n) is 10.2. The van der Waals surface area contributed by atoms with Gasteiger partial charge in [-0.1, -0.05) is 30.3 Å². The van der Waals surface area contributed by atoms with Crippen LogP contribution < -0.4 is 5.32 Å². The molecule has 18 heavy (non-hydrogen) atoms. The first-order valence-electron chi connectivity index (χ1n) is 5.92. The average molecular weight is 253 g/mol. The first kappa shape index (κ1) is 14.6. The number of carboxylic acid groups (broad SMARTS) is 1. The van der Waals surface area contributed by atoms with Gasteiger partial charge >= 0.3 is 5.97 Å². The van der Waals surface area contributed by atoms with Gasteiger partial charge in [0.25, 0.3) is 0 Å². The number of hydrogen-bond donors (Lipinski definition) is 3. The molecule has 0 aromatic heterocycles. The molecular weight excluding hydrogens is 234 g/mol. The van der Waals surface area contributed by atoms with Crippen LogP contribution in [0.3, 0.4) is 0 Å². The molecule has 0 amide bonds. The number of carbonyl (C=O) groups is 1. The van der Waals surface area contributed by atoms with Crippen molar-refractivity contribution in [3.8, 4) is 0 Å². The summed E-state index contributed by atoms with van der Waals surface area (Å²) >= 11 is 0. The standard InChI is InChI=1S/C13H19NO4/c15-7-9-18-8-6-14-10-12(13(16)17)11-4-2-1-3-5-11/h1-5,12,14-15H,6-10H2,(H,16,17). The van der Waals surface area contributed by atoms with Crippen molar-refractivity contribution in [2.24, 2.45) is 0 Å². The molecule has 0 bridgehead atoms. The molecule has 1 atom stereocenters. The summed E-state index contributed by atoms with van der Waals surface area (Å²) in [6.07, 6.45) is 0. The van der Waals surface area contributed by atoms with Gasteiger partial charge in [-0.3, -0.25) is 4.79 Å². The summed E-state index contributed by atoms with van der Waals surface area (Å²) in [5.41, 5.74) is 0.786. The summed E-state index contributed by atoms with van der Waals surface area (Å²) in [5, 5.41) is 20.7. The number of benzene rings is 1. The number of nitrogens with one attached hydrogen (secondary N) is 1. The Morgan fingerprint density at radius 3 is 2.61 bits per heavy atom. The van der Waals surface area contributed by atoms with Crippen LogP contribution in [0.1, 0.15) is 11.5 Å². The number of carboxylic acids is 1. The van der Waals surface area contributed by atoms with E-state index in [9.17, 15) is 4.79 Å². The van der Waals surface area contributed by atoms with Crippen LogP contribution in [0.2, 0.25) is 0 Å². The molecule has 5 nitrogen and oxygen atoms in total. The molecule has 1 rings (SSSR count). The first-order valence-corrected chi connectivity index (χ1v) is 5.92. The predicted octanol–water partition coefficient (Wildman–Crippen LogP) is 0.453. The molecule has 0 spiro atoms. The lowest BCUT2D eigenvalue weighted by molar-refractivity contribution is -0.138. The Bertz CT molecular complexity index is 342. The summed E-state index contributed by atoms with van der Waals surface area (Å²) in [6, 6.07) is 9.13. The molecule has 1 aromatic carbocycles. The van der Waals surface area contributed by atoms with E-state index in [1.807, 2.05) is 30.3 Å². The first-order chi connectivity index (χ1) is 8.75. The number of ether oxygens (including phenoxy) is 1. The summed E-state index contributed by atoms with van der Waals surface area (Å²) in [5.74, 6) is -1.39. The monoisotopic (exact) mass is 253 g/mol. The predicted molar refractivity (Wildman–Crippen MR) is 67.6 cm³/mol. The van der Waals surface area contributed by atoms with Crippen LogP contribution >= 0.6 is 0 Å². The van der Waals surface area contributed by atoms with Crippen molar-refractivity contribution < 1.29 is 19.7 Å². The summed E-state index contributed by atoms with van der Waals surface area (Å²) in [4.78, 5) is 11.2. The number of aliphatic carboxylic acids is 1. The maximum absolute atomic E-state index is 11.2. The van der Waals surface area contributed by atoms with Gasteiger partial charge in [0.15, 0.2) is 0 Å². The van der Waals surface area contributed by atoms with Crippen molar-refractivity contribution in [3.05, 3.63) is 35.9 Å². The Morgan fingerprint density at radius 1 is 1.28 bits per heavy atom. The van der Waals surface area contributed by atoms with E-state index in [2.05, 4.69) is 5.32 Å². The fraction of sp³-hybridized carbons (Fsp3) is 0.462. The Balaban J connectivity index is 2.34. The average Bonchev–Trinajstić information content (AvgIpc) is 2.38. The molecule has 0 aliphatic rings. The van der Waals surface area contributed by atoms with Crippen LogP contribution in [-0.4, -0.2) is 49.1 Å². The molecule has 3 N–H and O–H groups in total. The molecule has 0 saturated heterocycles. The van der Waals surface area contributed by atoms with Crippen molar-refractivity contribution >= 4 is 5.97 Å². The van der Waals surface area contributed by atoms with Crippen molar-refractivity contribution in [2.75, 3.05) is 32.9 Å². The van der Waals surface area contributed by atoms with Crippen LogP contribution in [0.5, 0.6) is 0 Å². The lowest BCUT2D eigenvalue weighted by Gasteiger charge is -2.13. The third-order valence-corrected chi connectivity index (χ3v) is 2.51. The fourth-order valence-electron chi connectivity index (χ4n) is 1.59. The van der Waals surface area contributed by atoms with E-state index in [1.165, 1.54) is 0 Å². The van der Waals surface area contributed by atoms with Gasteiger partial charge in [-0.25, -0.2) is 0 Å². The largest absolute Gasteiger partial charge is 0.481 e. The second-order valence-corrected chi connectivity index (χ2v) is 3.84. The number of aliphatic hydroxyl groups excluding tert-OH is 1. The third kappa shape index (κ3) is 5.27. The molecule has 0 radical (unpaired) electrons. The van der Waals surface area contributed by atoms with E-state index in [-0.39, 0.29) is 6.61 Å².